The number of hydrogen-bond donors (Lipinski definition) is 0. The molecule has 12 aromatic rings. The van der Waals surface area contributed by atoms with Crippen molar-refractivity contribution in [3.63, 3.8) is 0 Å². The molecule has 0 N–H and O–H groups in total. The van der Waals surface area contributed by atoms with Crippen LogP contribution in [0.15, 0.2) is 235 Å². The van der Waals surface area contributed by atoms with Gasteiger partial charge in [-0.05, 0) is 93.9 Å². The second-order valence-electron chi connectivity index (χ2n) is 15.6. The van der Waals surface area contributed by atoms with E-state index in [1.807, 2.05) is 0 Å². The number of rotatable bonds is 7. The molecule has 0 aliphatic heterocycles. The normalized spacial score (nSPS) is 11.6. The Bertz CT molecular complexity index is 3540. The van der Waals surface area contributed by atoms with E-state index in [2.05, 4.69) is 240 Å². The summed E-state index contributed by atoms with van der Waals surface area (Å²) in [5.41, 5.74) is 15.4. The van der Waals surface area contributed by atoms with E-state index in [0.717, 1.165) is 66.8 Å². The predicted octanol–water partition coefficient (Wildman–Crippen LogP) is 16.3. The Morgan fingerprint density at radius 1 is 0.361 bits per heavy atom. The lowest BCUT2D eigenvalue weighted by Gasteiger charge is -2.30. The number of furan rings is 1. The van der Waals surface area contributed by atoms with Gasteiger partial charge in [0, 0.05) is 38.2 Å². The van der Waals surface area contributed by atoms with Crippen molar-refractivity contribution >= 4 is 71.6 Å². The second-order valence-corrected chi connectivity index (χ2v) is 15.6. The van der Waals surface area contributed by atoms with Gasteiger partial charge in [0.1, 0.15) is 11.2 Å². The molecular weight excluding hydrogens is 741 g/mol. The second kappa shape index (κ2) is 14.3. The van der Waals surface area contributed by atoms with Crippen LogP contribution in [-0.4, -0.2) is 4.57 Å². The molecular formula is C58H38N2O. The van der Waals surface area contributed by atoms with Crippen LogP contribution in [0.5, 0.6) is 0 Å². The Labute approximate surface area is 353 Å². The van der Waals surface area contributed by atoms with Crippen molar-refractivity contribution in [1.82, 2.24) is 4.57 Å². The molecule has 2 aromatic heterocycles. The van der Waals surface area contributed by atoms with Gasteiger partial charge < -0.3 is 13.9 Å². The zero-order valence-corrected chi connectivity index (χ0v) is 33.2. The molecule has 0 amide bonds. The largest absolute Gasteiger partial charge is 0.455 e. The van der Waals surface area contributed by atoms with Crippen LogP contribution in [0.3, 0.4) is 0 Å². The van der Waals surface area contributed by atoms with E-state index in [9.17, 15) is 0 Å². The Morgan fingerprint density at radius 3 is 1.70 bits per heavy atom. The van der Waals surface area contributed by atoms with Crippen LogP contribution in [0.1, 0.15) is 0 Å². The summed E-state index contributed by atoms with van der Waals surface area (Å²) in [6, 6.07) is 82.9. The molecule has 0 saturated carbocycles. The van der Waals surface area contributed by atoms with Crippen LogP contribution in [0.4, 0.5) is 17.1 Å². The zero-order chi connectivity index (χ0) is 40.3. The number of nitrogens with zero attached hydrogens (tertiary/aromatic N) is 2. The number of fused-ring (bicyclic) bond motifs is 8. The first-order valence-corrected chi connectivity index (χ1v) is 20.8. The molecule has 0 radical (unpaired) electrons. The standard InChI is InChI=1S/C58H38N2O/c1-2-16-39(17-3-1)42-19-14-20-43(38-42)40-32-35-44(36-33-40)59(54-29-12-13-30-55(54)60-52-27-10-6-22-46(52)47-23-7-11-28-53(47)60)51-26-9-8-24-48(51)49-25-15-31-56-57(49)50-37-34-41-18-4-5-21-45(41)58(50)61-56/h1-38H. The van der Waals surface area contributed by atoms with E-state index in [1.54, 1.807) is 0 Å². The van der Waals surface area contributed by atoms with E-state index in [0.29, 0.717) is 0 Å². The van der Waals surface area contributed by atoms with Gasteiger partial charge in [0.15, 0.2) is 0 Å². The number of para-hydroxylation sites is 5. The van der Waals surface area contributed by atoms with Gasteiger partial charge in [-0.1, -0.05) is 170 Å². The molecule has 0 saturated heterocycles. The fourth-order valence-corrected chi connectivity index (χ4v) is 9.42. The highest BCUT2D eigenvalue weighted by Crippen LogP contribution is 2.48. The molecule has 0 bridgehead atoms. The van der Waals surface area contributed by atoms with Crippen molar-refractivity contribution in [2.75, 3.05) is 4.90 Å². The van der Waals surface area contributed by atoms with Crippen molar-refractivity contribution in [3.8, 4) is 39.1 Å². The summed E-state index contributed by atoms with van der Waals surface area (Å²) in [5, 5.41) is 6.96. The van der Waals surface area contributed by atoms with Crippen molar-refractivity contribution in [2.45, 2.75) is 0 Å². The zero-order valence-electron chi connectivity index (χ0n) is 33.2. The minimum atomic E-state index is 0.873. The van der Waals surface area contributed by atoms with Gasteiger partial charge in [-0.25, -0.2) is 0 Å². The van der Waals surface area contributed by atoms with Gasteiger partial charge in [-0.15, -0.1) is 0 Å². The lowest BCUT2D eigenvalue weighted by molar-refractivity contribution is 0.673. The summed E-state index contributed by atoms with van der Waals surface area (Å²) >= 11 is 0. The molecule has 12 rings (SSSR count). The summed E-state index contributed by atoms with van der Waals surface area (Å²) in [7, 11) is 0. The highest BCUT2D eigenvalue weighted by molar-refractivity contribution is 6.20. The van der Waals surface area contributed by atoms with Crippen LogP contribution < -0.4 is 4.90 Å². The number of anilines is 3. The maximum Gasteiger partial charge on any atom is 0.143 e. The van der Waals surface area contributed by atoms with Gasteiger partial charge in [0.05, 0.1) is 28.1 Å². The fraction of sp³-hybridized carbons (Fsp3) is 0. The SMILES string of the molecule is c1ccc(-c2cccc(-c3ccc(N(c4ccccc4-c4cccc5oc6c7ccccc7ccc6c45)c4ccccc4-n4c5ccccc5c5ccccc54)cc3)c2)cc1. The van der Waals surface area contributed by atoms with E-state index in [4.69, 9.17) is 4.42 Å². The summed E-state index contributed by atoms with van der Waals surface area (Å²) in [6.07, 6.45) is 0. The van der Waals surface area contributed by atoms with Gasteiger partial charge in [0.2, 0.25) is 0 Å². The van der Waals surface area contributed by atoms with Gasteiger partial charge >= 0.3 is 0 Å². The average Bonchev–Trinajstić information content (AvgIpc) is 3.89. The molecule has 2 heterocycles. The quantitative estimate of drug-likeness (QED) is 0.161. The smallest absolute Gasteiger partial charge is 0.143 e. The molecule has 61 heavy (non-hydrogen) atoms. The Morgan fingerprint density at radius 2 is 0.934 bits per heavy atom. The third-order valence-corrected chi connectivity index (χ3v) is 12.2. The highest BCUT2D eigenvalue weighted by Gasteiger charge is 2.24. The van der Waals surface area contributed by atoms with Crippen LogP contribution in [0.25, 0.3) is 93.6 Å². The first-order chi connectivity index (χ1) is 30.3. The van der Waals surface area contributed by atoms with Gasteiger partial charge in [-0.3, -0.25) is 0 Å². The Balaban J connectivity index is 1.09. The van der Waals surface area contributed by atoms with Crippen molar-refractivity contribution < 1.29 is 4.42 Å². The van der Waals surface area contributed by atoms with E-state index < -0.39 is 0 Å². The monoisotopic (exact) mass is 778 g/mol. The van der Waals surface area contributed by atoms with Crippen molar-refractivity contribution in [1.29, 1.82) is 0 Å². The van der Waals surface area contributed by atoms with Gasteiger partial charge in [-0.2, -0.15) is 0 Å². The summed E-state index contributed by atoms with van der Waals surface area (Å²) < 4.78 is 9.15. The number of benzene rings is 10. The summed E-state index contributed by atoms with van der Waals surface area (Å²) in [6.45, 7) is 0. The molecule has 0 spiro atoms. The van der Waals surface area contributed by atoms with Crippen LogP contribution in [0.2, 0.25) is 0 Å². The maximum atomic E-state index is 6.72. The average molecular weight is 779 g/mol. The first-order valence-electron chi connectivity index (χ1n) is 20.8. The van der Waals surface area contributed by atoms with Crippen molar-refractivity contribution in [2.24, 2.45) is 0 Å². The molecule has 286 valence electrons. The third kappa shape index (κ3) is 5.74. The van der Waals surface area contributed by atoms with Crippen LogP contribution in [-0.2, 0) is 0 Å². The molecule has 0 aliphatic carbocycles. The minimum absolute atomic E-state index is 0.873. The first kappa shape index (κ1) is 34.9. The molecule has 0 atom stereocenters. The van der Waals surface area contributed by atoms with Gasteiger partial charge in [0.25, 0.3) is 0 Å². The molecule has 3 heteroatoms. The lowest BCUT2D eigenvalue weighted by atomic mass is 9.95. The van der Waals surface area contributed by atoms with Crippen molar-refractivity contribution in [3.05, 3.63) is 231 Å². The molecule has 0 fully saturated rings. The van der Waals surface area contributed by atoms with Crippen LogP contribution >= 0.6 is 0 Å². The molecule has 10 aromatic carbocycles. The van der Waals surface area contributed by atoms with E-state index in [1.165, 1.54) is 43.9 Å². The topological polar surface area (TPSA) is 21.3 Å². The lowest BCUT2D eigenvalue weighted by Crippen LogP contribution is -2.14. The summed E-state index contributed by atoms with van der Waals surface area (Å²) in [5.74, 6) is 0. The fourth-order valence-electron chi connectivity index (χ4n) is 9.42. The molecule has 3 nitrogen and oxygen atoms in total. The van der Waals surface area contributed by atoms with E-state index in [-0.39, 0.29) is 0 Å². The number of hydrogen-bond acceptors (Lipinski definition) is 2. The Kier molecular flexibility index (Phi) is 8.17. The van der Waals surface area contributed by atoms with Crippen LogP contribution in [0, 0.1) is 0 Å². The molecule has 0 unspecified atom stereocenters. The molecule has 0 aliphatic rings. The maximum absolute atomic E-state index is 6.72. The number of aromatic nitrogens is 1. The highest BCUT2D eigenvalue weighted by atomic mass is 16.3. The van der Waals surface area contributed by atoms with E-state index >= 15 is 0 Å². The Hall–Kier alpha value is -8.14. The third-order valence-electron chi connectivity index (χ3n) is 12.2. The minimum Gasteiger partial charge on any atom is -0.455 e. The predicted molar refractivity (Wildman–Crippen MR) is 257 cm³/mol. The summed E-state index contributed by atoms with van der Waals surface area (Å²) in [4.78, 5) is 2.44.